The summed E-state index contributed by atoms with van der Waals surface area (Å²) < 4.78 is 0. The first-order valence-electron chi connectivity index (χ1n) is 9.29. The Balaban J connectivity index is 1.57. The zero-order valence-electron chi connectivity index (χ0n) is 15.1. The molecule has 25 heavy (non-hydrogen) atoms. The minimum Gasteiger partial charge on any atom is -0.342 e. The minimum atomic E-state index is -0.532. The van der Waals surface area contributed by atoms with E-state index in [2.05, 4.69) is 21.8 Å². The number of nitrogens with one attached hydrogen (secondary N) is 2. The van der Waals surface area contributed by atoms with E-state index in [9.17, 15) is 14.4 Å². The average molecular weight is 348 g/mol. The summed E-state index contributed by atoms with van der Waals surface area (Å²) in [5.74, 6) is 0.605. The monoisotopic (exact) mass is 348 g/mol. The van der Waals surface area contributed by atoms with Crippen molar-refractivity contribution in [3.8, 4) is 0 Å². The fourth-order valence-electron chi connectivity index (χ4n) is 4.18. The molecule has 0 aromatic carbocycles. The van der Waals surface area contributed by atoms with Gasteiger partial charge in [-0.1, -0.05) is 0 Å². The first-order valence-corrected chi connectivity index (χ1v) is 9.29. The minimum absolute atomic E-state index is 0.0343. The number of rotatable bonds is 4. The maximum absolute atomic E-state index is 12.6. The second-order valence-corrected chi connectivity index (χ2v) is 7.39. The van der Waals surface area contributed by atoms with E-state index in [-0.39, 0.29) is 12.3 Å². The first-order chi connectivity index (χ1) is 12.0. The van der Waals surface area contributed by atoms with E-state index in [1.807, 2.05) is 4.90 Å². The number of carbonyl (C=O) groups is 1. The lowest BCUT2D eigenvalue weighted by Gasteiger charge is -2.38. The number of amides is 1. The quantitative estimate of drug-likeness (QED) is 0.835. The van der Waals surface area contributed by atoms with Crippen molar-refractivity contribution < 1.29 is 4.79 Å². The van der Waals surface area contributed by atoms with Crippen LogP contribution in [-0.4, -0.2) is 57.9 Å². The van der Waals surface area contributed by atoms with Gasteiger partial charge in [-0.2, -0.15) is 0 Å². The Kier molecular flexibility index (Phi) is 5.42. The van der Waals surface area contributed by atoms with Gasteiger partial charge in [-0.25, -0.2) is 4.79 Å². The second-order valence-electron chi connectivity index (χ2n) is 7.39. The molecule has 0 radical (unpaired) electrons. The predicted octanol–water partition coefficient (Wildman–Crippen LogP) is 0.637. The van der Waals surface area contributed by atoms with Crippen LogP contribution >= 0.6 is 0 Å². The van der Waals surface area contributed by atoms with Gasteiger partial charge in [0.25, 0.3) is 5.56 Å². The molecule has 1 atom stereocenters. The highest BCUT2D eigenvalue weighted by Crippen LogP contribution is 2.26. The van der Waals surface area contributed by atoms with Gasteiger partial charge < -0.3 is 14.8 Å². The Morgan fingerprint density at radius 2 is 1.76 bits per heavy atom. The average Bonchev–Trinajstić information content (AvgIpc) is 3.12. The third-order valence-electron chi connectivity index (χ3n) is 5.87. The molecular formula is C18H28N4O3. The summed E-state index contributed by atoms with van der Waals surface area (Å²) in [6.45, 7) is 7.88. The highest BCUT2D eigenvalue weighted by atomic mass is 16.2. The van der Waals surface area contributed by atoms with Crippen molar-refractivity contribution in [2.24, 2.45) is 5.92 Å². The molecule has 0 spiro atoms. The molecule has 2 fully saturated rings. The summed E-state index contributed by atoms with van der Waals surface area (Å²) in [5.41, 5.74) is -0.167. The van der Waals surface area contributed by atoms with Crippen molar-refractivity contribution in [2.75, 3.05) is 26.2 Å². The topological polar surface area (TPSA) is 89.3 Å². The van der Waals surface area contributed by atoms with Crippen LogP contribution in [0, 0.1) is 12.8 Å². The number of aryl methyl sites for hydroxylation is 1. The molecule has 1 aromatic rings. The van der Waals surface area contributed by atoms with Gasteiger partial charge in [-0.3, -0.25) is 14.6 Å². The zero-order valence-corrected chi connectivity index (χ0v) is 15.1. The van der Waals surface area contributed by atoms with E-state index < -0.39 is 11.2 Å². The Bertz CT molecular complexity index is 725. The van der Waals surface area contributed by atoms with Gasteiger partial charge in [0.15, 0.2) is 0 Å². The van der Waals surface area contributed by atoms with Crippen molar-refractivity contribution in [1.29, 1.82) is 0 Å². The SMILES string of the molecule is Cc1[nH]c(=O)[nH]c(=O)c1CC(=O)N1CCC([C@H](C)N2CCCC2)CC1. The van der Waals surface area contributed by atoms with E-state index in [4.69, 9.17) is 0 Å². The number of piperidine rings is 1. The van der Waals surface area contributed by atoms with Gasteiger partial charge in [-0.05, 0) is 58.5 Å². The molecule has 3 rings (SSSR count). The van der Waals surface area contributed by atoms with Crippen LogP contribution in [0.15, 0.2) is 9.59 Å². The maximum atomic E-state index is 12.6. The molecule has 1 amide bonds. The third kappa shape index (κ3) is 4.03. The molecular weight excluding hydrogens is 320 g/mol. The standard InChI is InChI=1S/C18H28N4O3/c1-12-15(17(24)20-18(25)19-12)11-16(23)22-9-5-14(6-10-22)13(2)21-7-3-4-8-21/h13-14H,3-11H2,1-2H3,(H2,19,20,24,25)/t13-/m0/s1. The normalized spacial score (nSPS) is 20.8. The Labute approximate surface area is 147 Å². The zero-order chi connectivity index (χ0) is 18.0. The lowest BCUT2D eigenvalue weighted by atomic mass is 9.89. The number of H-pyrrole nitrogens is 2. The van der Waals surface area contributed by atoms with Crippen LogP contribution in [0.4, 0.5) is 0 Å². The summed E-state index contributed by atoms with van der Waals surface area (Å²) in [5, 5.41) is 0. The van der Waals surface area contributed by atoms with E-state index in [1.165, 1.54) is 25.9 Å². The van der Waals surface area contributed by atoms with Crippen molar-refractivity contribution in [3.05, 3.63) is 32.1 Å². The molecule has 0 bridgehead atoms. The van der Waals surface area contributed by atoms with Gasteiger partial charge in [0.2, 0.25) is 5.91 Å². The van der Waals surface area contributed by atoms with Crippen LogP contribution in [0.25, 0.3) is 0 Å². The van der Waals surface area contributed by atoms with Crippen molar-refractivity contribution in [2.45, 2.75) is 52.0 Å². The van der Waals surface area contributed by atoms with Gasteiger partial charge in [0.1, 0.15) is 0 Å². The van der Waals surface area contributed by atoms with E-state index in [0.717, 1.165) is 25.9 Å². The molecule has 2 aliphatic heterocycles. The highest BCUT2D eigenvalue weighted by molar-refractivity contribution is 5.79. The van der Waals surface area contributed by atoms with Crippen LogP contribution < -0.4 is 11.2 Å². The van der Waals surface area contributed by atoms with Crippen LogP contribution in [0.2, 0.25) is 0 Å². The fraction of sp³-hybridized carbons (Fsp3) is 0.722. The van der Waals surface area contributed by atoms with Gasteiger partial charge in [0, 0.05) is 30.4 Å². The molecule has 0 aliphatic carbocycles. The first kappa shape index (κ1) is 17.9. The van der Waals surface area contributed by atoms with Crippen LogP contribution in [-0.2, 0) is 11.2 Å². The molecule has 2 N–H and O–H groups in total. The number of hydrogen-bond acceptors (Lipinski definition) is 4. The molecule has 0 unspecified atom stereocenters. The number of nitrogens with zero attached hydrogens (tertiary/aromatic N) is 2. The second kappa shape index (κ2) is 7.56. The van der Waals surface area contributed by atoms with E-state index in [0.29, 0.717) is 23.2 Å². The number of aromatic nitrogens is 2. The molecule has 7 heteroatoms. The highest BCUT2D eigenvalue weighted by Gasteiger charge is 2.30. The largest absolute Gasteiger partial charge is 0.342 e. The Morgan fingerprint density at radius 3 is 2.36 bits per heavy atom. The summed E-state index contributed by atoms with van der Waals surface area (Å²) in [7, 11) is 0. The Hall–Kier alpha value is -1.89. The number of hydrogen-bond donors (Lipinski definition) is 2. The molecule has 7 nitrogen and oxygen atoms in total. The summed E-state index contributed by atoms with van der Waals surface area (Å²) in [6.07, 6.45) is 4.68. The van der Waals surface area contributed by atoms with Crippen molar-refractivity contribution in [3.63, 3.8) is 0 Å². The lowest BCUT2D eigenvalue weighted by Crippen LogP contribution is -2.45. The van der Waals surface area contributed by atoms with Crippen molar-refractivity contribution in [1.82, 2.24) is 19.8 Å². The summed E-state index contributed by atoms with van der Waals surface area (Å²) in [4.78, 5) is 44.9. The van der Waals surface area contributed by atoms with Crippen LogP contribution in [0.3, 0.4) is 0 Å². The number of carbonyl (C=O) groups excluding carboxylic acids is 1. The van der Waals surface area contributed by atoms with Crippen LogP contribution in [0.1, 0.15) is 43.9 Å². The summed E-state index contributed by atoms with van der Waals surface area (Å²) in [6, 6.07) is 0.587. The lowest BCUT2D eigenvalue weighted by molar-refractivity contribution is -0.132. The molecule has 0 saturated carbocycles. The van der Waals surface area contributed by atoms with Crippen LogP contribution in [0.5, 0.6) is 0 Å². The Morgan fingerprint density at radius 1 is 1.12 bits per heavy atom. The molecule has 138 valence electrons. The van der Waals surface area contributed by atoms with Crippen molar-refractivity contribution >= 4 is 5.91 Å². The van der Waals surface area contributed by atoms with E-state index >= 15 is 0 Å². The molecule has 2 saturated heterocycles. The molecule has 2 aliphatic rings. The smallest absolute Gasteiger partial charge is 0.325 e. The number of likely N-dealkylation sites (tertiary alicyclic amines) is 2. The van der Waals surface area contributed by atoms with Gasteiger partial charge in [0.05, 0.1) is 6.42 Å². The van der Waals surface area contributed by atoms with Gasteiger partial charge in [-0.15, -0.1) is 0 Å². The number of aromatic amines is 2. The third-order valence-corrected chi connectivity index (χ3v) is 5.87. The fourth-order valence-corrected chi connectivity index (χ4v) is 4.18. The molecule has 1 aromatic heterocycles. The van der Waals surface area contributed by atoms with Gasteiger partial charge >= 0.3 is 5.69 Å². The molecule has 3 heterocycles. The summed E-state index contributed by atoms with van der Waals surface area (Å²) >= 11 is 0. The van der Waals surface area contributed by atoms with E-state index in [1.54, 1.807) is 6.92 Å². The maximum Gasteiger partial charge on any atom is 0.325 e. The predicted molar refractivity (Wildman–Crippen MR) is 95.7 cm³/mol.